The molecular formula is C15H19IN4O3. The van der Waals surface area contributed by atoms with Gasteiger partial charge in [0.05, 0.1) is 25.6 Å². The molecule has 2 aromatic rings. The lowest BCUT2D eigenvalue weighted by Crippen LogP contribution is -2.28. The predicted molar refractivity (Wildman–Crippen MR) is 99.6 cm³/mol. The van der Waals surface area contributed by atoms with E-state index < -0.39 is 0 Å². The summed E-state index contributed by atoms with van der Waals surface area (Å²) in [5.41, 5.74) is 6.52. The quantitative estimate of drug-likeness (QED) is 0.282. The summed E-state index contributed by atoms with van der Waals surface area (Å²) in [7, 11) is 1.58. The molecule has 0 bridgehead atoms. The first-order valence-corrected chi connectivity index (χ1v) is 6.72. The van der Waals surface area contributed by atoms with Gasteiger partial charge in [0.25, 0.3) is 5.91 Å². The number of hydrogen-bond acceptors (Lipinski definition) is 4. The first-order valence-electron chi connectivity index (χ1n) is 6.72. The highest BCUT2D eigenvalue weighted by Crippen LogP contribution is 2.22. The molecule has 1 aromatic carbocycles. The smallest absolute Gasteiger partial charge is 0.287 e. The molecule has 0 unspecified atom stereocenters. The average molecular weight is 430 g/mol. The first kappa shape index (κ1) is 18.8. The molecule has 0 aliphatic heterocycles. The lowest BCUT2D eigenvalue weighted by molar-refractivity contribution is 0.0927. The van der Waals surface area contributed by atoms with E-state index in [1.54, 1.807) is 19.2 Å². The van der Waals surface area contributed by atoms with Crippen LogP contribution in [0.5, 0.6) is 5.75 Å². The number of furan rings is 1. The number of nitrogens with one attached hydrogen (secondary N) is 2. The Morgan fingerprint density at radius 1 is 1.30 bits per heavy atom. The molecule has 0 saturated carbocycles. The Labute approximate surface area is 151 Å². The summed E-state index contributed by atoms with van der Waals surface area (Å²) in [4.78, 5) is 15.7. The number of hydrogen-bond donors (Lipinski definition) is 3. The van der Waals surface area contributed by atoms with Crippen LogP contribution in [0.1, 0.15) is 10.6 Å². The van der Waals surface area contributed by atoms with Crippen LogP contribution in [0.25, 0.3) is 0 Å². The zero-order valence-electron chi connectivity index (χ0n) is 12.6. The highest BCUT2D eigenvalue weighted by Gasteiger charge is 2.06. The maximum atomic E-state index is 11.6. The number of carbonyl (C=O) groups excluding carboxylic acids is 1. The van der Waals surface area contributed by atoms with Crippen LogP contribution in [0.4, 0.5) is 5.69 Å². The summed E-state index contributed by atoms with van der Waals surface area (Å²) in [6, 6.07) is 10.6. The van der Waals surface area contributed by atoms with E-state index in [1.165, 1.54) is 6.26 Å². The summed E-state index contributed by atoms with van der Waals surface area (Å²) in [5.74, 6) is 0.907. The Bertz CT molecular complexity index is 644. The molecule has 4 N–H and O–H groups in total. The minimum absolute atomic E-state index is 0. The molecule has 2 rings (SSSR count). The maximum absolute atomic E-state index is 11.6. The fourth-order valence-electron chi connectivity index (χ4n) is 1.77. The van der Waals surface area contributed by atoms with Gasteiger partial charge in [0.15, 0.2) is 11.7 Å². The van der Waals surface area contributed by atoms with Gasteiger partial charge in [-0.15, -0.1) is 24.0 Å². The van der Waals surface area contributed by atoms with Gasteiger partial charge in [-0.2, -0.15) is 0 Å². The molecule has 124 valence electrons. The average Bonchev–Trinajstić information content (AvgIpc) is 3.06. The molecule has 0 fully saturated rings. The summed E-state index contributed by atoms with van der Waals surface area (Å²) in [5, 5.41) is 5.63. The lowest BCUT2D eigenvalue weighted by Gasteiger charge is -2.10. The maximum Gasteiger partial charge on any atom is 0.287 e. The van der Waals surface area contributed by atoms with E-state index in [1.807, 2.05) is 24.3 Å². The number of benzene rings is 1. The highest BCUT2D eigenvalue weighted by molar-refractivity contribution is 14.0. The molecule has 1 amide bonds. The number of carbonyl (C=O) groups is 1. The van der Waals surface area contributed by atoms with Crippen molar-refractivity contribution in [1.82, 2.24) is 5.32 Å². The van der Waals surface area contributed by atoms with Crippen molar-refractivity contribution in [3.8, 4) is 5.75 Å². The number of aliphatic imine (C=N–C) groups is 1. The van der Waals surface area contributed by atoms with Gasteiger partial charge in [0.1, 0.15) is 5.75 Å². The number of ether oxygens (including phenoxy) is 1. The van der Waals surface area contributed by atoms with Gasteiger partial charge in [-0.25, -0.2) is 0 Å². The van der Waals surface area contributed by atoms with E-state index in [2.05, 4.69) is 15.6 Å². The van der Waals surface area contributed by atoms with Crippen LogP contribution in [0.3, 0.4) is 0 Å². The number of amides is 1. The van der Waals surface area contributed by atoms with Gasteiger partial charge in [0, 0.05) is 6.54 Å². The monoisotopic (exact) mass is 430 g/mol. The van der Waals surface area contributed by atoms with Crippen molar-refractivity contribution in [2.45, 2.75) is 0 Å². The van der Waals surface area contributed by atoms with Gasteiger partial charge in [-0.1, -0.05) is 12.1 Å². The van der Waals surface area contributed by atoms with Crippen LogP contribution < -0.4 is 21.1 Å². The molecule has 1 aromatic heterocycles. The number of para-hydroxylation sites is 2. The second-order valence-corrected chi connectivity index (χ2v) is 4.33. The molecule has 0 aliphatic rings. The van der Waals surface area contributed by atoms with Gasteiger partial charge >= 0.3 is 0 Å². The third-order valence-electron chi connectivity index (χ3n) is 2.79. The minimum Gasteiger partial charge on any atom is -0.495 e. The summed E-state index contributed by atoms with van der Waals surface area (Å²) < 4.78 is 10.2. The van der Waals surface area contributed by atoms with E-state index in [9.17, 15) is 4.79 Å². The van der Waals surface area contributed by atoms with Crippen molar-refractivity contribution >= 4 is 41.5 Å². The van der Waals surface area contributed by atoms with Gasteiger partial charge in [-0.05, 0) is 24.3 Å². The molecule has 7 nitrogen and oxygen atoms in total. The molecular weight excluding hydrogens is 411 g/mol. The van der Waals surface area contributed by atoms with Crippen LogP contribution in [-0.4, -0.2) is 32.1 Å². The molecule has 0 atom stereocenters. The normalized spacial score (nSPS) is 10.6. The van der Waals surface area contributed by atoms with Gasteiger partial charge in [0.2, 0.25) is 0 Å². The zero-order valence-corrected chi connectivity index (χ0v) is 14.9. The van der Waals surface area contributed by atoms with E-state index in [0.717, 1.165) is 5.69 Å². The van der Waals surface area contributed by atoms with Crippen molar-refractivity contribution in [3.63, 3.8) is 0 Å². The summed E-state index contributed by atoms with van der Waals surface area (Å²) >= 11 is 0. The fraction of sp³-hybridized carbons (Fsp3) is 0.200. The standard InChI is InChI=1S/C15H18N4O3.HI/c1-21-12-6-3-2-5-11(12)19-15(16)18-9-8-17-14(20)13-7-4-10-22-13;/h2-7,10H,8-9H2,1H3,(H,17,20)(H3,16,18,19);1H. The van der Waals surface area contributed by atoms with Crippen molar-refractivity contribution < 1.29 is 13.9 Å². The minimum atomic E-state index is -0.281. The Balaban J connectivity index is 0.00000264. The molecule has 0 aliphatic carbocycles. The number of guanidine groups is 1. The van der Waals surface area contributed by atoms with Crippen LogP contribution in [0, 0.1) is 0 Å². The van der Waals surface area contributed by atoms with E-state index >= 15 is 0 Å². The number of halogens is 1. The molecule has 23 heavy (non-hydrogen) atoms. The van der Waals surface area contributed by atoms with Crippen LogP contribution >= 0.6 is 24.0 Å². The summed E-state index contributed by atoms with van der Waals surface area (Å²) in [6.45, 7) is 0.703. The number of methoxy groups -OCH3 is 1. The summed E-state index contributed by atoms with van der Waals surface area (Å²) in [6.07, 6.45) is 1.45. The first-order chi connectivity index (χ1) is 10.7. The van der Waals surface area contributed by atoms with Gasteiger partial charge < -0.3 is 25.5 Å². The fourth-order valence-corrected chi connectivity index (χ4v) is 1.77. The van der Waals surface area contributed by atoms with Crippen molar-refractivity contribution in [1.29, 1.82) is 0 Å². The van der Waals surface area contributed by atoms with E-state index in [-0.39, 0.29) is 41.6 Å². The van der Waals surface area contributed by atoms with E-state index in [4.69, 9.17) is 14.9 Å². The van der Waals surface area contributed by atoms with Crippen LogP contribution in [-0.2, 0) is 0 Å². The topological polar surface area (TPSA) is 102 Å². The Morgan fingerprint density at radius 3 is 2.78 bits per heavy atom. The Hall–Kier alpha value is -2.23. The number of nitrogens with zero attached hydrogens (tertiary/aromatic N) is 1. The van der Waals surface area contributed by atoms with Crippen LogP contribution in [0.15, 0.2) is 52.1 Å². The third kappa shape index (κ3) is 5.81. The number of nitrogens with two attached hydrogens (primary N) is 1. The Kier molecular flexibility index (Phi) is 7.95. The molecule has 1 heterocycles. The van der Waals surface area contributed by atoms with Crippen molar-refractivity contribution in [2.75, 3.05) is 25.5 Å². The third-order valence-corrected chi connectivity index (χ3v) is 2.79. The molecule has 8 heteroatoms. The lowest BCUT2D eigenvalue weighted by atomic mass is 10.3. The second-order valence-electron chi connectivity index (χ2n) is 4.33. The largest absolute Gasteiger partial charge is 0.495 e. The zero-order chi connectivity index (χ0) is 15.8. The van der Waals surface area contributed by atoms with Gasteiger partial charge in [-0.3, -0.25) is 9.79 Å². The van der Waals surface area contributed by atoms with Crippen molar-refractivity contribution in [3.05, 3.63) is 48.4 Å². The SMILES string of the molecule is COc1ccccc1NC(N)=NCCNC(=O)c1ccco1.I. The van der Waals surface area contributed by atoms with E-state index in [0.29, 0.717) is 18.8 Å². The molecule has 0 spiro atoms. The van der Waals surface area contributed by atoms with Crippen molar-refractivity contribution in [2.24, 2.45) is 10.7 Å². The number of anilines is 1. The highest BCUT2D eigenvalue weighted by atomic mass is 127. The number of rotatable bonds is 6. The predicted octanol–water partition coefficient (Wildman–Crippen LogP) is 2.06. The Morgan fingerprint density at radius 2 is 2.09 bits per heavy atom. The molecule has 0 radical (unpaired) electrons. The molecule has 0 saturated heterocycles. The second kappa shape index (κ2) is 9.72. The van der Waals surface area contributed by atoms with Crippen LogP contribution in [0.2, 0.25) is 0 Å².